The standard InChI is InChI=1S/C16H18FN3O3S/c1-12(16(21)19-11-13-5-4-8-18-10-13)20(24(2,22)23)15-7-3-6-14(17)9-15/h3-10,12H,11H2,1-2H3,(H,19,21)/t12-/m0/s1. The summed E-state index contributed by atoms with van der Waals surface area (Å²) in [6.45, 7) is 1.67. The summed E-state index contributed by atoms with van der Waals surface area (Å²) < 4.78 is 38.5. The summed E-state index contributed by atoms with van der Waals surface area (Å²) in [7, 11) is -3.77. The van der Waals surface area contributed by atoms with E-state index in [1.54, 1.807) is 24.5 Å². The van der Waals surface area contributed by atoms with Crippen molar-refractivity contribution < 1.29 is 17.6 Å². The number of benzene rings is 1. The van der Waals surface area contributed by atoms with Crippen LogP contribution in [-0.4, -0.2) is 31.6 Å². The van der Waals surface area contributed by atoms with Crippen LogP contribution in [0.25, 0.3) is 0 Å². The quantitative estimate of drug-likeness (QED) is 0.859. The fourth-order valence-corrected chi connectivity index (χ4v) is 3.43. The topological polar surface area (TPSA) is 79.4 Å². The van der Waals surface area contributed by atoms with Crippen LogP contribution in [0.4, 0.5) is 10.1 Å². The minimum absolute atomic E-state index is 0.0986. The number of hydrogen-bond acceptors (Lipinski definition) is 4. The number of hydrogen-bond donors (Lipinski definition) is 1. The van der Waals surface area contributed by atoms with E-state index in [0.29, 0.717) is 0 Å². The van der Waals surface area contributed by atoms with Gasteiger partial charge in [0.2, 0.25) is 15.9 Å². The lowest BCUT2D eigenvalue weighted by atomic mass is 10.2. The van der Waals surface area contributed by atoms with Gasteiger partial charge in [-0.1, -0.05) is 12.1 Å². The Kier molecular flexibility index (Phi) is 5.50. The van der Waals surface area contributed by atoms with Crippen LogP contribution in [0.15, 0.2) is 48.8 Å². The van der Waals surface area contributed by atoms with E-state index in [-0.39, 0.29) is 12.2 Å². The summed E-state index contributed by atoms with van der Waals surface area (Å²) in [5.41, 5.74) is 0.885. The van der Waals surface area contributed by atoms with Gasteiger partial charge in [0.1, 0.15) is 11.9 Å². The summed E-state index contributed by atoms with van der Waals surface area (Å²) in [5, 5.41) is 2.66. The van der Waals surface area contributed by atoms with Gasteiger partial charge in [-0.3, -0.25) is 14.1 Å². The molecule has 8 heteroatoms. The number of pyridine rings is 1. The summed E-state index contributed by atoms with van der Waals surface area (Å²) >= 11 is 0. The third kappa shape index (κ3) is 4.51. The van der Waals surface area contributed by atoms with Crippen molar-refractivity contribution in [1.29, 1.82) is 0 Å². The maximum atomic E-state index is 13.4. The van der Waals surface area contributed by atoms with Gasteiger partial charge in [-0.05, 0) is 36.8 Å². The van der Waals surface area contributed by atoms with E-state index < -0.39 is 27.8 Å². The zero-order valence-corrected chi connectivity index (χ0v) is 14.1. The number of aromatic nitrogens is 1. The minimum Gasteiger partial charge on any atom is -0.350 e. The van der Waals surface area contributed by atoms with Crippen molar-refractivity contribution >= 4 is 21.6 Å². The molecule has 0 unspecified atom stereocenters. The number of sulfonamides is 1. The second-order valence-electron chi connectivity index (χ2n) is 5.29. The van der Waals surface area contributed by atoms with Gasteiger partial charge in [0.25, 0.3) is 0 Å². The lowest BCUT2D eigenvalue weighted by molar-refractivity contribution is -0.122. The average Bonchev–Trinajstić information content (AvgIpc) is 2.52. The number of rotatable bonds is 6. The molecule has 24 heavy (non-hydrogen) atoms. The number of carbonyl (C=O) groups is 1. The Morgan fingerprint density at radius 3 is 2.67 bits per heavy atom. The molecule has 2 rings (SSSR count). The first kappa shape index (κ1) is 17.9. The van der Waals surface area contributed by atoms with Crippen LogP contribution >= 0.6 is 0 Å². The molecule has 0 saturated carbocycles. The van der Waals surface area contributed by atoms with Crippen LogP contribution in [0.5, 0.6) is 0 Å². The van der Waals surface area contributed by atoms with Crippen molar-refractivity contribution in [2.24, 2.45) is 0 Å². The number of halogens is 1. The molecular weight excluding hydrogens is 333 g/mol. The van der Waals surface area contributed by atoms with E-state index in [1.807, 2.05) is 0 Å². The minimum atomic E-state index is -3.77. The van der Waals surface area contributed by atoms with Gasteiger partial charge < -0.3 is 5.32 Å². The molecule has 1 heterocycles. The molecule has 0 spiro atoms. The second kappa shape index (κ2) is 7.39. The van der Waals surface area contributed by atoms with Gasteiger partial charge in [0.15, 0.2) is 0 Å². The van der Waals surface area contributed by atoms with Crippen LogP contribution in [0, 0.1) is 5.82 Å². The maximum absolute atomic E-state index is 13.4. The Labute approximate surface area is 140 Å². The smallest absolute Gasteiger partial charge is 0.243 e. The predicted octanol–water partition coefficient (Wildman–Crippen LogP) is 1.69. The molecule has 1 aromatic heterocycles. The number of anilines is 1. The van der Waals surface area contributed by atoms with Crippen LogP contribution in [-0.2, 0) is 21.4 Å². The Hall–Kier alpha value is -2.48. The van der Waals surface area contributed by atoms with Crippen molar-refractivity contribution in [3.05, 3.63) is 60.2 Å². The van der Waals surface area contributed by atoms with Crippen LogP contribution < -0.4 is 9.62 Å². The highest BCUT2D eigenvalue weighted by Gasteiger charge is 2.29. The Morgan fingerprint density at radius 2 is 2.08 bits per heavy atom. The van der Waals surface area contributed by atoms with E-state index in [9.17, 15) is 17.6 Å². The zero-order valence-electron chi connectivity index (χ0n) is 13.3. The third-order valence-corrected chi connectivity index (χ3v) is 4.58. The van der Waals surface area contributed by atoms with Crippen molar-refractivity contribution in [1.82, 2.24) is 10.3 Å². The van der Waals surface area contributed by atoms with Gasteiger partial charge in [-0.15, -0.1) is 0 Å². The number of nitrogens with zero attached hydrogens (tertiary/aromatic N) is 2. The molecule has 1 N–H and O–H groups in total. The molecule has 1 atom stereocenters. The largest absolute Gasteiger partial charge is 0.350 e. The number of carbonyl (C=O) groups excluding carboxylic acids is 1. The van der Waals surface area contributed by atoms with Crippen LogP contribution in [0.1, 0.15) is 12.5 Å². The number of nitrogens with one attached hydrogen (secondary N) is 1. The molecule has 0 aliphatic rings. The van der Waals surface area contributed by atoms with E-state index in [1.165, 1.54) is 25.1 Å². The molecule has 0 fully saturated rings. The molecule has 128 valence electrons. The predicted molar refractivity (Wildman–Crippen MR) is 89.3 cm³/mol. The maximum Gasteiger partial charge on any atom is 0.243 e. The SMILES string of the molecule is C[C@@H](C(=O)NCc1cccnc1)N(c1cccc(F)c1)S(C)(=O)=O. The highest BCUT2D eigenvalue weighted by atomic mass is 32.2. The van der Waals surface area contributed by atoms with Crippen molar-refractivity contribution in [2.75, 3.05) is 10.6 Å². The van der Waals surface area contributed by atoms with Crippen molar-refractivity contribution in [3.63, 3.8) is 0 Å². The van der Waals surface area contributed by atoms with E-state index in [4.69, 9.17) is 0 Å². The molecule has 1 aromatic carbocycles. The van der Waals surface area contributed by atoms with Gasteiger partial charge in [-0.25, -0.2) is 12.8 Å². The van der Waals surface area contributed by atoms with Crippen molar-refractivity contribution in [2.45, 2.75) is 19.5 Å². The molecule has 2 aromatic rings. The van der Waals surface area contributed by atoms with E-state index in [2.05, 4.69) is 10.3 Å². The highest BCUT2D eigenvalue weighted by molar-refractivity contribution is 7.92. The fraction of sp³-hybridized carbons (Fsp3) is 0.250. The van der Waals surface area contributed by atoms with Crippen LogP contribution in [0.2, 0.25) is 0 Å². The molecule has 0 aliphatic carbocycles. The third-order valence-electron chi connectivity index (χ3n) is 3.34. The normalized spacial score (nSPS) is 12.5. The first-order chi connectivity index (χ1) is 11.3. The molecular formula is C16H18FN3O3S. The molecule has 0 aliphatic heterocycles. The highest BCUT2D eigenvalue weighted by Crippen LogP contribution is 2.21. The first-order valence-electron chi connectivity index (χ1n) is 7.20. The molecule has 0 bridgehead atoms. The molecule has 6 nitrogen and oxygen atoms in total. The zero-order chi connectivity index (χ0) is 17.7. The van der Waals surface area contributed by atoms with Crippen molar-refractivity contribution in [3.8, 4) is 0 Å². The summed E-state index contributed by atoms with van der Waals surface area (Å²) in [4.78, 5) is 16.3. The fourth-order valence-electron chi connectivity index (χ4n) is 2.26. The molecule has 0 radical (unpaired) electrons. The van der Waals surface area contributed by atoms with Gasteiger partial charge in [-0.2, -0.15) is 0 Å². The Balaban J connectivity index is 2.19. The summed E-state index contributed by atoms with van der Waals surface area (Å²) in [6.07, 6.45) is 4.19. The first-order valence-corrected chi connectivity index (χ1v) is 9.05. The van der Waals surface area contributed by atoms with Gasteiger partial charge >= 0.3 is 0 Å². The lowest BCUT2D eigenvalue weighted by Crippen LogP contribution is -2.47. The Morgan fingerprint density at radius 1 is 1.33 bits per heavy atom. The summed E-state index contributed by atoms with van der Waals surface area (Å²) in [5.74, 6) is -1.07. The van der Waals surface area contributed by atoms with Crippen LogP contribution in [0.3, 0.4) is 0 Å². The van der Waals surface area contributed by atoms with Gasteiger partial charge in [0.05, 0.1) is 11.9 Å². The summed E-state index contributed by atoms with van der Waals surface area (Å²) in [6, 6.07) is 7.61. The second-order valence-corrected chi connectivity index (χ2v) is 7.15. The molecule has 0 saturated heterocycles. The van der Waals surface area contributed by atoms with Gasteiger partial charge in [0, 0.05) is 18.9 Å². The average molecular weight is 351 g/mol. The van der Waals surface area contributed by atoms with E-state index in [0.717, 1.165) is 22.2 Å². The molecule has 1 amide bonds. The monoisotopic (exact) mass is 351 g/mol. The lowest BCUT2D eigenvalue weighted by Gasteiger charge is -2.28. The Bertz CT molecular complexity index is 812. The van der Waals surface area contributed by atoms with E-state index >= 15 is 0 Å². The number of amides is 1.